The van der Waals surface area contributed by atoms with Crippen LogP contribution in [0.3, 0.4) is 0 Å². The highest BCUT2D eigenvalue weighted by Crippen LogP contribution is 2.42. The maximum absolute atomic E-state index is 14.7. The van der Waals surface area contributed by atoms with Gasteiger partial charge < -0.3 is 9.29 Å². The van der Waals surface area contributed by atoms with E-state index in [-0.39, 0.29) is 81.4 Å². The van der Waals surface area contributed by atoms with Gasteiger partial charge in [0.05, 0.1) is 47.5 Å². The Morgan fingerprint density at radius 1 is 0.482 bits per heavy atom. The summed E-state index contributed by atoms with van der Waals surface area (Å²) in [4.78, 5) is 28.4. The van der Waals surface area contributed by atoms with Gasteiger partial charge in [-0.05, 0) is 96.1 Å². The molecule has 0 fully saturated rings. The van der Waals surface area contributed by atoms with Gasteiger partial charge in [0.15, 0.2) is 5.82 Å². The normalized spacial score (nSPS) is 12.3. The fourth-order valence-electron chi connectivity index (χ4n) is 7.64. The van der Waals surface area contributed by atoms with Gasteiger partial charge in [-0.2, -0.15) is 64.8 Å². The highest BCUT2D eigenvalue weighted by Gasteiger charge is 2.62. The molecule has 3 heterocycles. The van der Waals surface area contributed by atoms with E-state index in [4.69, 9.17) is 58.0 Å². The first-order valence-electron chi connectivity index (χ1n) is 22.2. The van der Waals surface area contributed by atoms with E-state index in [9.17, 15) is 97.0 Å². The van der Waals surface area contributed by atoms with Crippen LogP contribution in [0.4, 0.5) is 62.9 Å². The van der Waals surface area contributed by atoms with Crippen molar-refractivity contribution in [3.8, 4) is 45.1 Å². The van der Waals surface area contributed by atoms with Gasteiger partial charge >= 0.3 is 46.7 Å². The molecule has 0 amide bonds. The van der Waals surface area contributed by atoms with Crippen LogP contribution >= 0.6 is 58.0 Å². The lowest BCUT2D eigenvalue weighted by molar-refractivity contribution is -0.0501. The first-order valence-corrected chi connectivity index (χ1v) is 28.4. The third-order valence-corrected chi connectivity index (χ3v) is 17.2. The molecule has 0 saturated heterocycles. The third kappa shape index (κ3) is 13.4. The topological polar surface area (TPSA) is 192 Å². The number of phenolic OH excluding ortho intramolecular Hbond substituents is 1. The predicted octanol–water partition coefficient (Wildman–Crippen LogP) is 14.7. The molecule has 0 aliphatic heterocycles. The number of aromatic nitrogens is 3. The van der Waals surface area contributed by atoms with Crippen LogP contribution < -0.4 is 19.0 Å². The van der Waals surface area contributed by atoms with Gasteiger partial charge in [0.2, 0.25) is 0 Å². The Bertz CT molecular complexity index is 4530. The number of benzene rings is 6. The van der Waals surface area contributed by atoms with Gasteiger partial charge in [-0.25, -0.2) is 22.5 Å². The molecule has 0 radical (unpaired) electrons. The number of hydrogen-bond acceptors (Lipinski definition) is 11. The lowest BCUT2D eigenvalue weighted by atomic mass is 9.99. The van der Waals surface area contributed by atoms with Crippen molar-refractivity contribution in [2.75, 3.05) is 3.71 Å². The summed E-state index contributed by atoms with van der Waals surface area (Å²) in [5.74, 6) is -6.27. The van der Waals surface area contributed by atoms with Crippen molar-refractivity contribution in [2.24, 2.45) is 0 Å². The van der Waals surface area contributed by atoms with Gasteiger partial charge in [0.25, 0.3) is 11.1 Å². The van der Waals surface area contributed by atoms with Crippen molar-refractivity contribution in [3.63, 3.8) is 0 Å². The quantitative estimate of drug-likeness (QED) is 0.0821. The van der Waals surface area contributed by atoms with Crippen molar-refractivity contribution >= 4 is 116 Å². The zero-order valence-corrected chi connectivity index (χ0v) is 46.9. The fourth-order valence-corrected chi connectivity index (χ4v) is 12.0. The summed E-state index contributed by atoms with van der Waals surface area (Å²) in [5, 5.41) is 10.9. The van der Waals surface area contributed by atoms with E-state index in [1.54, 1.807) is 18.2 Å². The van der Waals surface area contributed by atoms with Gasteiger partial charge in [0.1, 0.15) is 34.8 Å². The van der Waals surface area contributed by atoms with Crippen molar-refractivity contribution < 1.29 is 91.6 Å². The largest absolute Gasteiger partial charge is 0.534 e. The average molecular weight is 1360 g/mol. The molecule has 0 atom stereocenters. The minimum Gasteiger partial charge on any atom is -0.508 e. The molecule has 9 aromatic rings. The summed E-state index contributed by atoms with van der Waals surface area (Å²) >= 11 is 30.3. The Hall–Kier alpha value is -7.32. The zero-order valence-electron chi connectivity index (χ0n) is 40.7. The number of sulfonamides is 2. The highest BCUT2D eigenvalue weighted by molar-refractivity contribution is 8.11. The van der Waals surface area contributed by atoms with Crippen LogP contribution in [0.5, 0.6) is 11.5 Å². The number of rotatable bonds is 9. The second-order valence-electron chi connectivity index (χ2n) is 16.6. The van der Waals surface area contributed by atoms with Gasteiger partial charge in [0, 0.05) is 64.5 Å². The molecular weight excluding hydrogens is 1340 g/mol. The molecule has 0 spiro atoms. The van der Waals surface area contributed by atoms with Crippen LogP contribution in [0.2, 0.25) is 25.1 Å². The number of nitrogens with zero attached hydrogens (tertiary/aromatic N) is 4. The number of para-hydroxylation sites is 2. The Morgan fingerprint density at radius 3 is 1.27 bits per heavy atom. The monoisotopic (exact) mass is 1360 g/mol. The summed E-state index contributed by atoms with van der Waals surface area (Å²) in [6, 6.07) is 25.1. The number of phenols is 1. The molecule has 3 aromatic heterocycles. The first kappa shape index (κ1) is 65.2. The van der Waals surface area contributed by atoms with E-state index in [2.05, 4.69) is 9.17 Å². The number of anilines is 1. The minimum absolute atomic E-state index is 0.0177. The molecule has 0 aliphatic carbocycles. The molecule has 1 N–H and O–H groups in total. The number of hydrogen-bond donors (Lipinski definition) is 1. The van der Waals surface area contributed by atoms with Crippen LogP contribution in [0, 0.1) is 23.3 Å². The molecule has 0 unspecified atom stereocenters. The van der Waals surface area contributed by atoms with E-state index < -0.39 is 96.4 Å². The standard InChI is InChI=1S/C22H10Cl2F5NO4S.C21H11Cl2F2NO2.C7H3ClF6N2O4S2/c23-16-2-1-3-17(24)21(16)30-19-10-12(34-35(32,33)22(27,28)29)9-15(14(19)6-7-20(30)31)13-5-4-11(25)8-18(13)26;22-16-2-1-3-17(23)21(16)26-19-10-12(27)9-15(14(19)6-7-20(26)28)13-5-4-11(24)8-18(13)25;8-4-1-2-5(15-3-4)16(21(17,18)6(9,10)11)22(19,20)7(12,13)14/h1-10H;1-10,27H;1-3H. The Kier molecular flexibility index (Phi) is 18.6. The average Bonchev–Trinajstić information content (AvgIpc) is 1.80. The van der Waals surface area contributed by atoms with E-state index >= 15 is 0 Å². The predicted molar refractivity (Wildman–Crippen MR) is 289 cm³/mol. The highest BCUT2D eigenvalue weighted by atomic mass is 35.5. The minimum atomic E-state index is -6.93. The maximum atomic E-state index is 14.7. The van der Waals surface area contributed by atoms with E-state index in [0.717, 1.165) is 47.0 Å². The molecule has 85 heavy (non-hydrogen) atoms. The lowest BCUT2D eigenvalue weighted by Gasteiger charge is -2.24. The fraction of sp³-hybridized carbons (Fsp3) is 0.0600. The zero-order chi connectivity index (χ0) is 63.3. The molecule has 9 rings (SSSR count). The molecule has 6 aromatic carbocycles. The van der Waals surface area contributed by atoms with Gasteiger partial charge in [-0.15, -0.1) is 3.71 Å². The number of aromatic hydroxyl groups is 1. The SMILES string of the molecule is O=S(=O)(N(c1ccc(Cl)cn1)S(=O)(=O)C(F)(F)F)C(F)(F)F.O=c1ccc2c(-c3ccc(F)cc3F)cc(O)cc2n1-c1c(Cl)cccc1Cl.O=c1ccc2c(-c3ccc(F)cc3F)cc(OS(=O)(=O)C(F)(F)F)cc2n1-c1c(Cl)cccc1Cl. The number of halogens is 18. The molecule has 35 heteroatoms. The summed E-state index contributed by atoms with van der Waals surface area (Å²) in [7, 11) is -20.0. The Balaban J connectivity index is 0.000000188. The third-order valence-electron chi connectivity index (χ3n) is 11.2. The van der Waals surface area contributed by atoms with Gasteiger partial charge in [-0.1, -0.05) is 70.1 Å². The van der Waals surface area contributed by atoms with Crippen molar-refractivity contribution in [2.45, 2.75) is 16.5 Å². The number of fused-ring (bicyclic) bond motifs is 2. The van der Waals surface area contributed by atoms with E-state index in [0.29, 0.717) is 29.3 Å². The van der Waals surface area contributed by atoms with E-state index in [1.807, 2.05) is 0 Å². The number of alkyl halides is 9. The summed E-state index contributed by atoms with van der Waals surface area (Å²) in [6.07, 6.45) is 0.474. The maximum Gasteiger partial charge on any atom is 0.534 e. The van der Waals surface area contributed by atoms with Crippen molar-refractivity contribution in [1.29, 1.82) is 0 Å². The van der Waals surface area contributed by atoms with Crippen molar-refractivity contribution in [3.05, 3.63) is 209 Å². The van der Waals surface area contributed by atoms with Crippen LogP contribution in [-0.4, -0.2) is 61.0 Å². The van der Waals surface area contributed by atoms with Crippen LogP contribution in [0.15, 0.2) is 149 Å². The lowest BCUT2D eigenvalue weighted by Crippen LogP contribution is -2.49. The molecular formula is C50H24Cl5F13N4O10S3. The van der Waals surface area contributed by atoms with E-state index in [1.165, 1.54) is 59.2 Å². The van der Waals surface area contributed by atoms with Crippen LogP contribution in [0.25, 0.3) is 55.4 Å². The van der Waals surface area contributed by atoms with Crippen LogP contribution in [0.1, 0.15) is 0 Å². The number of pyridine rings is 3. The summed E-state index contributed by atoms with van der Waals surface area (Å²) in [5.41, 5.74) is -19.4. The second-order valence-corrected chi connectivity index (χ2v) is 24.0. The molecule has 448 valence electrons. The molecule has 14 nitrogen and oxygen atoms in total. The second kappa shape index (κ2) is 24.2. The Labute approximate surface area is 492 Å². The first-order chi connectivity index (χ1) is 39.3. The smallest absolute Gasteiger partial charge is 0.508 e. The molecule has 0 aliphatic rings. The molecule has 0 saturated carbocycles. The van der Waals surface area contributed by atoms with Crippen LogP contribution in [-0.2, 0) is 30.2 Å². The van der Waals surface area contributed by atoms with Crippen molar-refractivity contribution in [1.82, 2.24) is 14.1 Å². The Morgan fingerprint density at radius 2 is 0.894 bits per heavy atom. The summed E-state index contributed by atoms with van der Waals surface area (Å²) < 4.78 is 242. The molecule has 0 bridgehead atoms. The van der Waals surface area contributed by atoms with Gasteiger partial charge in [-0.3, -0.25) is 18.7 Å². The summed E-state index contributed by atoms with van der Waals surface area (Å²) in [6.45, 7) is 0.